The van der Waals surface area contributed by atoms with Crippen LogP contribution in [0.1, 0.15) is 10.5 Å². The zero-order valence-electron chi connectivity index (χ0n) is 12.8. The lowest BCUT2D eigenvalue weighted by atomic mass is 10.2. The van der Waals surface area contributed by atoms with E-state index < -0.39 is 5.91 Å². The molecule has 2 aromatic carbocycles. The van der Waals surface area contributed by atoms with E-state index in [2.05, 4.69) is 5.32 Å². The van der Waals surface area contributed by atoms with Crippen molar-refractivity contribution in [1.82, 2.24) is 4.57 Å². The number of hydrogen-bond donors (Lipinski definition) is 2. The molecular weight excluding hydrogens is 330 g/mol. The van der Waals surface area contributed by atoms with Crippen LogP contribution in [0.2, 0.25) is 5.02 Å². The molecule has 4 nitrogen and oxygen atoms in total. The number of aromatic nitrogens is 1. The Morgan fingerprint density at radius 3 is 2.70 bits per heavy atom. The molecule has 0 saturated heterocycles. The van der Waals surface area contributed by atoms with Gasteiger partial charge in [0.1, 0.15) is 5.69 Å². The van der Waals surface area contributed by atoms with Crippen LogP contribution in [0, 0.1) is 0 Å². The predicted molar refractivity (Wildman–Crippen MR) is 96.6 cm³/mol. The van der Waals surface area contributed by atoms with Crippen molar-refractivity contribution in [1.29, 1.82) is 0 Å². The first kappa shape index (κ1) is 15.8. The molecule has 3 N–H and O–H groups in total. The molecule has 0 aliphatic carbocycles. The predicted octanol–water partition coefficient (Wildman–Crippen LogP) is 4.12. The van der Waals surface area contributed by atoms with Gasteiger partial charge in [0.25, 0.3) is 5.91 Å². The fourth-order valence-electron chi connectivity index (χ4n) is 2.60. The van der Waals surface area contributed by atoms with Crippen molar-refractivity contribution < 1.29 is 4.79 Å². The first-order valence-electron chi connectivity index (χ1n) is 7.04. The highest BCUT2D eigenvalue weighted by Crippen LogP contribution is 2.39. The van der Waals surface area contributed by atoms with Gasteiger partial charge in [0.15, 0.2) is 0 Å². The summed E-state index contributed by atoms with van der Waals surface area (Å²) >= 11 is 7.56. The summed E-state index contributed by atoms with van der Waals surface area (Å²) in [5.41, 5.74) is 8.06. The highest BCUT2D eigenvalue weighted by molar-refractivity contribution is 7.99. The van der Waals surface area contributed by atoms with Crippen LogP contribution >= 0.6 is 23.4 Å². The number of nitrogens with two attached hydrogens (primary N) is 1. The Labute approximate surface area is 143 Å². The highest BCUT2D eigenvalue weighted by atomic mass is 35.5. The van der Waals surface area contributed by atoms with E-state index in [1.54, 1.807) is 0 Å². The summed E-state index contributed by atoms with van der Waals surface area (Å²) in [6.07, 6.45) is 0. The van der Waals surface area contributed by atoms with Crippen molar-refractivity contribution >= 4 is 45.9 Å². The summed E-state index contributed by atoms with van der Waals surface area (Å²) < 4.78 is 1.84. The molecule has 0 radical (unpaired) electrons. The molecule has 0 atom stereocenters. The van der Waals surface area contributed by atoms with Gasteiger partial charge in [-0.3, -0.25) is 4.79 Å². The summed E-state index contributed by atoms with van der Waals surface area (Å²) in [5, 5.41) is 4.76. The Bertz CT molecular complexity index is 904. The van der Waals surface area contributed by atoms with E-state index in [1.165, 1.54) is 11.8 Å². The van der Waals surface area contributed by atoms with Crippen molar-refractivity contribution in [2.75, 3.05) is 12.4 Å². The van der Waals surface area contributed by atoms with E-state index in [1.807, 2.05) is 61.1 Å². The van der Waals surface area contributed by atoms with E-state index in [0.29, 0.717) is 10.7 Å². The minimum Gasteiger partial charge on any atom is -0.388 e. The van der Waals surface area contributed by atoms with Gasteiger partial charge in [-0.2, -0.15) is 0 Å². The second-order valence-electron chi connectivity index (χ2n) is 5.14. The van der Waals surface area contributed by atoms with Gasteiger partial charge in [0.05, 0.1) is 4.90 Å². The van der Waals surface area contributed by atoms with E-state index in [9.17, 15) is 4.79 Å². The number of rotatable bonds is 4. The van der Waals surface area contributed by atoms with E-state index in [0.717, 1.165) is 26.4 Å². The minimum absolute atomic E-state index is 0.445. The number of anilines is 1. The van der Waals surface area contributed by atoms with Gasteiger partial charge >= 0.3 is 0 Å². The molecule has 3 aromatic rings. The molecule has 0 aliphatic heterocycles. The van der Waals surface area contributed by atoms with Crippen LogP contribution in [0.5, 0.6) is 0 Å². The lowest BCUT2D eigenvalue weighted by Gasteiger charge is -2.05. The second-order valence-corrected chi connectivity index (χ2v) is 6.66. The topological polar surface area (TPSA) is 60.0 Å². The maximum absolute atomic E-state index is 12.0. The smallest absolute Gasteiger partial charge is 0.266 e. The Morgan fingerprint density at radius 2 is 2.04 bits per heavy atom. The number of halogens is 1. The van der Waals surface area contributed by atoms with Crippen molar-refractivity contribution in [2.24, 2.45) is 12.8 Å². The maximum Gasteiger partial charge on any atom is 0.266 e. The van der Waals surface area contributed by atoms with Crippen molar-refractivity contribution in [2.45, 2.75) is 9.79 Å². The largest absolute Gasteiger partial charge is 0.388 e. The van der Waals surface area contributed by atoms with Gasteiger partial charge in [0.2, 0.25) is 0 Å². The molecule has 0 fully saturated rings. The standard InChI is InChI=1S/C17H16ClN3OS/c1-20-11-6-7-14-13(9-11)16(15(17(19)22)21(14)2)23-12-5-3-4-10(18)8-12/h3-9,20H,1-2H3,(H2,19,22). The summed E-state index contributed by atoms with van der Waals surface area (Å²) in [5.74, 6) is -0.445. The molecule has 0 spiro atoms. The average molecular weight is 346 g/mol. The van der Waals surface area contributed by atoms with Gasteiger partial charge in [0, 0.05) is 40.6 Å². The molecule has 0 aliphatic rings. The molecule has 118 valence electrons. The van der Waals surface area contributed by atoms with Gasteiger partial charge in [-0.05, 0) is 36.4 Å². The second kappa shape index (κ2) is 6.18. The maximum atomic E-state index is 12.0. The first-order chi connectivity index (χ1) is 11.0. The number of carbonyl (C=O) groups is 1. The zero-order chi connectivity index (χ0) is 16.6. The quantitative estimate of drug-likeness (QED) is 0.747. The van der Waals surface area contributed by atoms with Crippen LogP contribution in [-0.2, 0) is 7.05 Å². The zero-order valence-corrected chi connectivity index (χ0v) is 14.3. The lowest BCUT2D eigenvalue weighted by molar-refractivity contribution is 0.0990. The van der Waals surface area contributed by atoms with Crippen LogP contribution < -0.4 is 11.1 Å². The van der Waals surface area contributed by atoms with Gasteiger partial charge in [-0.25, -0.2) is 0 Å². The van der Waals surface area contributed by atoms with Crippen LogP contribution in [-0.4, -0.2) is 17.5 Å². The Hall–Kier alpha value is -2.11. The van der Waals surface area contributed by atoms with Crippen molar-refractivity contribution in [3.05, 3.63) is 53.2 Å². The molecular formula is C17H16ClN3OS. The highest BCUT2D eigenvalue weighted by Gasteiger charge is 2.20. The molecule has 1 aromatic heterocycles. The number of aryl methyl sites for hydroxylation is 1. The monoisotopic (exact) mass is 345 g/mol. The number of primary amides is 1. The van der Waals surface area contributed by atoms with Crippen LogP contribution in [0.25, 0.3) is 10.9 Å². The number of benzene rings is 2. The number of nitrogens with zero attached hydrogens (tertiary/aromatic N) is 1. The van der Waals surface area contributed by atoms with Crippen LogP contribution in [0.3, 0.4) is 0 Å². The lowest BCUT2D eigenvalue weighted by Crippen LogP contribution is -2.16. The number of amides is 1. The molecule has 0 saturated carbocycles. The summed E-state index contributed by atoms with van der Waals surface area (Å²) in [6, 6.07) is 13.5. The van der Waals surface area contributed by atoms with E-state index >= 15 is 0 Å². The average Bonchev–Trinajstić information content (AvgIpc) is 2.79. The van der Waals surface area contributed by atoms with E-state index in [4.69, 9.17) is 17.3 Å². The summed E-state index contributed by atoms with van der Waals surface area (Å²) in [6.45, 7) is 0. The minimum atomic E-state index is -0.445. The third-order valence-electron chi connectivity index (χ3n) is 3.69. The number of nitrogens with one attached hydrogen (secondary N) is 1. The van der Waals surface area contributed by atoms with Gasteiger partial charge < -0.3 is 15.6 Å². The van der Waals surface area contributed by atoms with Crippen LogP contribution in [0.15, 0.2) is 52.3 Å². The van der Waals surface area contributed by atoms with Crippen molar-refractivity contribution in [3.8, 4) is 0 Å². The molecule has 1 amide bonds. The normalized spacial score (nSPS) is 10.9. The van der Waals surface area contributed by atoms with Gasteiger partial charge in [-0.15, -0.1) is 0 Å². The number of fused-ring (bicyclic) bond motifs is 1. The van der Waals surface area contributed by atoms with E-state index in [-0.39, 0.29) is 0 Å². The third-order valence-corrected chi connectivity index (χ3v) is 5.03. The third kappa shape index (κ3) is 2.90. The summed E-state index contributed by atoms with van der Waals surface area (Å²) in [4.78, 5) is 13.8. The summed E-state index contributed by atoms with van der Waals surface area (Å²) in [7, 11) is 3.71. The Kier molecular flexibility index (Phi) is 4.24. The SMILES string of the molecule is CNc1ccc2c(c1)c(Sc1cccc(Cl)c1)c(C(N)=O)n2C. The fourth-order valence-corrected chi connectivity index (χ4v) is 4.03. The number of hydrogen-bond acceptors (Lipinski definition) is 3. The molecule has 23 heavy (non-hydrogen) atoms. The fraction of sp³-hybridized carbons (Fsp3) is 0.118. The Morgan fingerprint density at radius 1 is 1.26 bits per heavy atom. The van der Waals surface area contributed by atoms with Gasteiger partial charge in [-0.1, -0.05) is 29.4 Å². The van der Waals surface area contributed by atoms with Crippen LogP contribution in [0.4, 0.5) is 5.69 Å². The molecule has 1 heterocycles. The van der Waals surface area contributed by atoms with Crippen molar-refractivity contribution in [3.63, 3.8) is 0 Å². The molecule has 0 bridgehead atoms. The Balaban J connectivity index is 2.23. The molecule has 6 heteroatoms. The first-order valence-corrected chi connectivity index (χ1v) is 8.24. The molecule has 0 unspecified atom stereocenters. The number of carbonyl (C=O) groups excluding carboxylic acids is 1. The molecule has 3 rings (SSSR count).